The molecule has 1 unspecified atom stereocenters. The summed E-state index contributed by atoms with van der Waals surface area (Å²) in [7, 11) is 0. The van der Waals surface area contributed by atoms with Gasteiger partial charge in [-0.1, -0.05) is 71.8 Å². The molecular weight excluding hydrogens is 370 g/mol. The first-order chi connectivity index (χ1) is 13.6. The van der Waals surface area contributed by atoms with E-state index in [-0.39, 0.29) is 5.78 Å². The number of rotatable bonds is 5. The molecular formula is C23H18ClN3O. The fraction of sp³-hybridized carbons (Fsp3) is 0.0870. The topological polar surface area (TPSA) is 47.8 Å². The van der Waals surface area contributed by atoms with Crippen LogP contribution >= 0.6 is 11.6 Å². The molecule has 0 fully saturated rings. The lowest BCUT2D eigenvalue weighted by Crippen LogP contribution is -2.45. The quantitative estimate of drug-likeness (QED) is 0.457. The number of halogens is 1. The zero-order valence-corrected chi connectivity index (χ0v) is 16.0. The van der Waals surface area contributed by atoms with Gasteiger partial charge in [-0.2, -0.15) is 5.10 Å². The zero-order valence-electron chi connectivity index (χ0n) is 15.3. The number of ketones is 1. The Labute approximate surface area is 168 Å². The number of hydrogen-bond acceptors (Lipinski definition) is 3. The highest BCUT2D eigenvalue weighted by molar-refractivity contribution is 6.30. The smallest absolute Gasteiger partial charge is 0.199 e. The summed E-state index contributed by atoms with van der Waals surface area (Å²) >= 11 is 6.05. The molecule has 0 N–H and O–H groups in total. The van der Waals surface area contributed by atoms with Crippen LogP contribution < -0.4 is 0 Å². The molecule has 1 heterocycles. The van der Waals surface area contributed by atoms with Crippen molar-refractivity contribution in [1.82, 2.24) is 14.8 Å². The number of carbonyl (C=O) groups is 1. The normalized spacial score (nSPS) is 13.1. The second-order valence-corrected chi connectivity index (χ2v) is 7.06. The highest BCUT2D eigenvalue weighted by Crippen LogP contribution is 2.37. The van der Waals surface area contributed by atoms with Crippen molar-refractivity contribution in [3.8, 4) is 0 Å². The Kier molecular flexibility index (Phi) is 4.80. The minimum absolute atomic E-state index is 0.105. The van der Waals surface area contributed by atoms with Crippen molar-refractivity contribution in [2.24, 2.45) is 0 Å². The van der Waals surface area contributed by atoms with Gasteiger partial charge in [0.2, 0.25) is 0 Å². The van der Waals surface area contributed by atoms with E-state index in [0.29, 0.717) is 10.6 Å². The van der Waals surface area contributed by atoms with Gasteiger partial charge in [-0.05, 0) is 42.3 Å². The molecule has 0 aliphatic carbocycles. The first-order valence-electron chi connectivity index (χ1n) is 8.90. The van der Waals surface area contributed by atoms with Crippen LogP contribution in [0.4, 0.5) is 0 Å². The Morgan fingerprint density at radius 2 is 1.64 bits per heavy atom. The van der Waals surface area contributed by atoms with Crippen LogP contribution in [0.3, 0.4) is 0 Å². The van der Waals surface area contributed by atoms with E-state index in [2.05, 4.69) is 10.1 Å². The second kappa shape index (κ2) is 7.41. The number of benzene rings is 3. The molecule has 0 amide bonds. The number of Topliss-reactive ketones (excluding diaryl/α,β-unsaturated/α-hetero) is 1. The van der Waals surface area contributed by atoms with E-state index in [0.717, 1.165) is 16.7 Å². The van der Waals surface area contributed by atoms with Crippen LogP contribution in [0, 0.1) is 6.92 Å². The minimum atomic E-state index is -1.18. The van der Waals surface area contributed by atoms with Gasteiger partial charge in [0.25, 0.3) is 0 Å². The molecule has 3 aromatic carbocycles. The molecule has 0 saturated heterocycles. The van der Waals surface area contributed by atoms with Gasteiger partial charge >= 0.3 is 0 Å². The monoisotopic (exact) mass is 387 g/mol. The van der Waals surface area contributed by atoms with Crippen LogP contribution in [0.5, 0.6) is 0 Å². The average molecular weight is 388 g/mol. The largest absolute Gasteiger partial charge is 0.291 e. The molecule has 0 radical (unpaired) electrons. The van der Waals surface area contributed by atoms with Gasteiger partial charge in [-0.15, -0.1) is 0 Å². The number of hydrogen-bond donors (Lipinski definition) is 0. The highest BCUT2D eigenvalue weighted by atomic mass is 35.5. The van der Waals surface area contributed by atoms with Crippen molar-refractivity contribution < 1.29 is 4.79 Å². The summed E-state index contributed by atoms with van der Waals surface area (Å²) in [5, 5.41) is 4.98. The fourth-order valence-electron chi connectivity index (χ4n) is 3.54. The molecule has 4 nitrogen and oxygen atoms in total. The number of nitrogens with zero attached hydrogens (tertiary/aromatic N) is 3. The van der Waals surface area contributed by atoms with E-state index in [1.165, 1.54) is 6.33 Å². The van der Waals surface area contributed by atoms with Gasteiger partial charge in [0.1, 0.15) is 12.7 Å². The first kappa shape index (κ1) is 18.1. The molecule has 4 aromatic rings. The summed E-state index contributed by atoms with van der Waals surface area (Å²) < 4.78 is 1.63. The van der Waals surface area contributed by atoms with Crippen molar-refractivity contribution in [3.63, 3.8) is 0 Å². The highest BCUT2D eigenvalue weighted by Gasteiger charge is 2.45. The molecule has 0 saturated carbocycles. The minimum Gasteiger partial charge on any atom is -0.291 e. The van der Waals surface area contributed by atoms with Crippen LogP contribution in [0.25, 0.3) is 0 Å². The molecule has 4 rings (SSSR count). The Balaban J connectivity index is 2.06. The van der Waals surface area contributed by atoms with Crippen LogP contribution in [-0.2, 0) is 5.54 Å². The Morgan fingerprint density at radius 3 is 2.29 bits per heavy atom. The molecule has 0 aliphatic rings. The standard InChI is InChI=1S/C23H18ClN3O/c1-17-6-5-9-20(14-17)23(27-16-25-15-26-27,19-7-3-2-4-8-19)22(28)18-10-12-21(24)13-11-18/h2-16H,1H3. The Bertz CT molecular complexity index is 1090. The Hall–Kier alpha value is -3.24. The fourth-order valence-corrected chi connectivity index (χ4v) is 3.66. The maximum atomic E-state index is 14.1. The number of carbonyl (C=O) groups excluding carboxylic acids is 1. The summed E-state index contributed by atoms with van der Waals surface area (Å²) in [6.07, 6.45) is 3.03. The third-order valence-corrected chi connectivity index (χ3v) is 5.08. The van der Waals surface area contributed by atoms with Crippen LogP contribution in [0.2, 0.25) is 5.02 Å². The summed E-state index contributed by atoms with van der Waals surface area (Å²) in [4.78, 5) is 18.2. The second-order valence-electron chi connectivity index (χ2n) is 6.62. The van der Waals surface area contributed by atoms with E-state index in [4.69, 9.17) is 11.6 Å². The van der Waals surface area contributed by atoms with E-state index in [1.807, 2.05) is 61.5 Å². The lowest BCUT2D eigenvalue weighted by atomic mass is 9.76. The van der Waals surface area contributed by atoms with Crippen LogP contribution in [-0.4, -0.2) is 20.5 Å². The number of aromatic nitrogens is 3. The van der Waals surface area contributed by atoms with Gasteiger partial charge in [-0.25, -0.2) is 9.67 Å². The number of aryl methyl sites for hydroxylation is 1. The summed E-state index contributed by atoms with van der Waals surface area (Å²) in [5.74, 6) is -0.105. The third-order valence-electron chi connectivity index (χ3n) is 4.82. The average Bonchev–Trinajstić information content (AvgIpc) is 3.25. The van der Waals surface area contributed by atoms with Crippen molar-refractivity contribution in [2.45, 2.75) is 12.5 Å². The Morgan fingerprint density at radius 1 is 0.929 bits per heavy atom. The molecule has 0 aliphatic heterocycles. The van der Waals surface area contributed by atoms with Gasteiger partial charge < -0.3 is 0 Å². The van der Waals surface area contributed by atoms with Crippen molar-refractivity contribution in [3.05, 3.63) is 119 Å². The molecule has 5 heteroatoms. The molecule has 138 valence electrons. The van der Waals surface area contributed by atoms with Gasteiger partial charge in [-0.3, -0.25) is 4.79 Å². The molecule has 0 bridgehead atoms. The zero-order chi connectivity index (χ0) is 19.6. The molecule has 1 aromatic heterocycles. The van der Waals surface area contributed by atoms with Gasteiger partial charge in [0.15, 0.2) is 11.3 Å². The van der Waals surface area contributed by atoms with Gasteiger partial charge in [0, 0.05) is 10.6 Å². The van der Waals surface area contributed by atoms with E-state index >= 15 is 0 Å². The third kappa shape index (κ3) is 3.02. The van der Waals surface area contributed by atoms with Crippen molar-refractivity contribution in [2.75, 3.05) is 0 Å². The molecule has 28 heavy (non-hydrogen) atoms. The SMILES string of the molecule is Cc1cccc(C(C(=O)c2ccc(Cl)cc2)(c2ccccc2)n2cncn2)c1. The van der Waals surface area contributed by atoms with Crippen LogP contribution in [0.15, 0.2) is 91.5 Å². The van der Waals surface area contributed by atoms with E-state index in [1.54, 1.807) is 35.3 Å². The maximum Gasteiger partial charge on any atom is 0.199 e. The van der Waals surface area contributed by atoms with Gasteiger partial charge in [0.05, 0.1) is 0 Å². The predicted octanol–water partition coefficient (Wildman–Crippen LogP) is 4.91. The predicted molar refractivity (Wildman–Crippen MR) is 110 cm³/mol. The first-order valence-corrected chi connectivity index (χ1v) is 9.28. The van der Waals surface area contributed by atoms with Crippen LogP contribution in [0.1, 0.15) is 27.0 Å². The lowest BCUT2D eigenvalue weighted by Gasteiger charge is -2.34. The van der Waals surface area contributed by atoms with Crippen molar-refractivity contribution >= 4 is 17.4 Å². The summed E-state index contributed by atoms with van der Waals surface area (Å²) in [6, 6.07) is 24.5. The summed E-state index contributed by atoms with van der Waals surface area (Å²) in [5.41, 5.74) is 2.06. The maximum absolute atomic E-state index is 14.1. The van der Waals surface area contributed by atoms with E-state index in [9.17, 15) is 4.79 Å². The lowest BCUT2D eigenvalue weighted by molar-refractivity contribution is 0.0878. The molecule has 0 spiro atoms. The summed E-state index contributed by atoms with van der Waals surface area (Å²) in [6.45, 7) is 2.01. The molecule has 1 atom stereocenters. The van der Waals surface area contributed by atoms with Crippen molar-refractivity contribution in [1.29, 1.82) is 0 Å². The van der Waals surface area contributed by atoms with E-state index < -0.39 is 5.54 Å².